The van der Waals surface area contributed by atoms with E-state index in [1.54, 1.807) is 14.2 Å². The molecule has 45 heavy (non-hydrogen) atoms. The van der Waals surface area contributed by atoms with E-state index in [1.165, 1.54) is 6.34 Å². The molecule has 0 aliphatic carbocycles. The van der Waals surface area contributed by atoms with Crippen molar-refractivity contribution in [2.75, 3.05) is 34.0 Å². The molecule has 11 heteroatoms. The summed E-state index contributed by atoms with van der Waals surface area (Å²) in [5.41, 5.74) is 13.7. The minimum Gasteiger partial charge on any atom is -0.497 e. The fraction of sp³-hybridized carbons (Fsp3) is 0.382. The van der Waals surface area contributed by atoms with Crippen LogP contribution in [0.25, 0.3) is 0 Å². The molecule has 3 aliphatic rings. The smallest absolute Gasteiger partial charge is 0.159 e. The van der Waals surface area contributed by atoms with E-state index < -0.39 is 29.7 Å². The molecule has 3 aromatic rings. The van der Waals surface area contributed by atoms with Crippen molar-refractivity contribution in [1.29, 1.82) is 0 Å². The van der Waals surface area contributed by atoms with Gasteiger partial charge < -0.3 is 40.4 Å². The third kappa shape index (κ3) is 5.85. The van der Waals surface area contributed by atoms with Gasteiger partial charge in [-0.05, 0) is 60.3 Å². The summed E-state index contributed by atoms with van der Waals surface area (Å²) in [7, 11) is 3.28. The van der Waals surface area contributed by atoms with Gasteiger partial charge in [0.25, 0.3) is 0 Å². The maximum absolute atomic E-state index is 11.3. The van der Waals surface area contributed by atoms with Crippen LogP contribution >= 0.6 is 0 Å². The fourth-order valence-electron chi connectivity index (χ4n) is 6.26. The predicted molar refractivity (Wildman–Crippen MR) is 173 cm³/mol. The highest BCUT2D eigenvalue weighted by Crippen LogP contribution is 2.42. The van der Waals surface area contributed by atoms with Crippen molar-refractivity contribution in [3.63, 3.8) is 0 Å². The molecule has 3 heterocycles. The first-order valence-electron chi connectivity index (χ1n) is 15.2. The summed E-state index contributed by atoms with van der Waals surface area (Å²) >= 11 is 0. The summed E-state index contributed by atoms with van der Waals surface area (Å²) < 4.78 is 24.4. The zero-order chi connectivity index (χ0) is 31.4. The Morgan fingerprint density at radius 2 is 1.58 bits per heavy atom. The van der Waals surface area contributed by atoms with Gasteiger partial charge >= 0.3 is 0 Å². The number of hydrogen-bond donors (Lipinski definition) is 3. The molecule has 0 amide bonds. The Kier molecular flexibility index (Phi) is 8.97. The lowest BCUT2D eigenvalue weighted by Gasteiger charge is -2.37. The summed E-state index contributed by atoms with van der Waals surface area (Å²) in [6, 6.07) is 25.7. The van der Waals surface area contributed by atoms with E-state index in [2.05, 4.69) is 9.98 Å². The number of aliphatic hydroxyl groups is 1. The summed E-state index contributed by atoms with van der Waals surface area (Å²) in [5.74, 6) is 2.10. The summed E-state index contributed by atoms with van der Waals surface area (Å²) in [5, 5.41) is 11.3. The molecule has 5 N–H and O–H groups in total. The zero-order valence-corrected chi connectivity index (χ0v) is 25.6. The summed E-state index contributed by atoms with van der Waals surface area (Å²) in [6.07, 6.45) is 1.25. The first kappa shape index (κ1) is 30.9. The van der Waals surface area contributed by atoms with Crippen molar-refractivity contribution in [3.8, 4) is 11.5 Å². The molecule has 1 unspecified atom stereocenters. The quantitative estimate of drug-likeness (QED) is 0.264. The van der Waals surface area contributed by atoms with Gasteiger partial charge in [-0.2, -0.15) is 0 Å². The molecule has 0 aromatic heterocycles. The van der Waals surface area contributed by atoms with E-state index in [0.29, 0.717) is 44.0 Å². The zero-order valence-electron chi connectivity index (χ0n) is 25.6. The van der Waals surface area contributed by atoms with Gasteiger partial charge in [-0.3, -0.25) is 4.99 Å². The molecule has 4 atom stereocenters. The van der Waals surface area contributed by atoms with Gasteiger partial charge in [0.2, 0.25) is 0 Å². The SMILES string of the molecule is COc1ccc(C(OC[C@H]2O[C@@H](N3CN=C4C3=NC=NC4(N)CCCN)C[C@@H]2O)(c2ccccc2)c2ccc(OC)cc2)cc1. The molecular formula is C34H40N6O5. The highest BCUT2D eigenvalue weighted by Gasteiger charge is 2.47. The van der Waals surface area contributed by atoms with Crippen molar-refractivity contribution < 1.29 is 24.1 Å². The molecule has 3 aliphatic heterocycles. The number of aliphatic imine (C=N–C) groups is 3. The van der Waals surface area contributed by atoms with Crippen LogP contribution in [0.1, 0.15) is 36.0 Å². The first-order valence-corrected chi connectivity index (χ1v) is 15.2. The van der Waals surface area contributed by atoms with E-state index in [9.17, 15) is 5.11 Å². The average Bonchev–Trinajstić information content (AvgIpc) is 3.69. The lowest BCUT2D eigenvalue weighted by Crippen LogP contribution is -2.54. The van der Waals surface area contributed by atoms with Gasteiger partial charge in [-0.1, -0.05) is 54.6 Å². The van der Waals surface area contributed by atoms with Crippen LogP contribution in [0, 0.1) is 0 Å². The van der Waals surface area contributed by atoms with Gasteiger partial charge in [0, 0.05) is 6.42 Å². The molecule has 0 saturated carbocycles. The maximum Gasteiger partial charge on any atom is 0.159 e. The number of aliphatic hydroxyl groups excluding tert-OH is 1. The lowest BCUT2D eigenvalue weighted by atomic mass is 9.80. The van der Waals surface area contributed by atoms with Crippen LogP contribution in [0.5, 0.6) is 11.5 Å². The van der Waals surface area contributed by atoms with Gasteiger partial charge in [0.15, 0.2) is 11.5 Å². The first-order chi connectivity index (χ1) is 21.9. The molecule has 236 valence electrons. The molecule has 1 saturated heterocycles. The van der Waals surface area contributed by atoms with E-state index in [4.69, 9.17) is 35.4 Å². The molecule has 1 fully saturated rings. The highest BCUT2D eigenvalue weighted by atomic mass is 16.6. The van der Waals surface area contributed by atoms with Crippen molar-refractivity contribution in [3.05, 3.63) is 95.6 Å². The largest absolute Gasteiger partial charge is 0.497 e. The average molecular weight is 613 g/mol. The molecular weight excluding hydrogens is 572 g/mol. The second-order valence-corrected chi connectivity index (χ2v) is 11.4. The fourth-order valence-corrected chi connectivity index (χ4v) is 6.26. The second kappa shape index (κ2) is 13.1. The molecule has 0 bridgehead atoms. The van der Waals surface area contributed by atoms with Crippen molar-refractivity contribution in [1.82, 2.24) is 4.90 Å². The van der Waals surface area contributed by atoms with Gasteiger partial charge in [0.1, 0.15) is 48.2 Å². The Bertz CT molecular complexity index is 1500. The number of rotatable bonds is 12. The van der Waals surface area contributed by atoms with E-state index >= 15 is 0 Å². The normalized spacial score (nSPS) is 24.3. The Labute approximate surface area is 263 Å². The topological polar surface area (TPSA) is 150 Å². The number of fused-ring (bicyclic) bond motifs is 1. The summed E-state index contributed by atoms with van der Waals surface area (Å²) in [6.45, 7) is 0.933. The minimum absolute atomic E-state index is 0.109. The number of methoxy groups -OCH3 is 2. The third-order valence-corrected chi connectivity index (χ3v) is 8.69. The summed E-state index contributed by atoms with van der Waals surface area (Å²) in [4.78, 5) is 15.5. The minimum atomic E-state index is -1.03. The van der Waals surface area contributed by atoms with Gasteiger partial charge in [0.05, 0.1) is 26.9 Å². The number of nitrogens with zero attached hydrogens (tertiary/aromatic N) is 4. The lowest BCUT2D eigenvalue weighted by molar-refractivity contribution is -0.0988. The molecule has 0 spiro atoms. The van der Waals surface area contributed by atoms with Crippen molar-refractivity contribution in [2.24, 2.45) is 26.4 Å². The van der Waals surface area contributed by atoms with Crippen LogP contribution in [-0.4, -0.2) is 86.0 Å². The number of nitrogens with two attached hydrogens (primary N) is 2. The van der Waals surface area contributed by atoms with E-state index in [1.807, 2.05) is 83.8 Å². The Balaban J connectivity index is 1.28. The Hall–Kier alpha value is -4.13. The van der Waals surface area contributed by atoms with Crippen LogP contribution in [0.2, 0.25) is 0 Å². The second-order valence-electron chi connectivity index (χ2n) is 11.4. The maximum atomic E-state index is 11.3. The van der Waals surface area contributed by atoms with Crippen LogP contribution in [0.4, 0.5) is 0 Å². The van der Waals surface area contributed by atoms with E-state index in [0.717, 1.165) is 28.2 Å². The van der Waals surface area contributed by atoms with E-state index in [-0.39, 0.29) is 6.61 Å². The molecule has 3 aromatic carbocycles. The number of hydrogen-bond acceptors (Lipinski definition) is 11. The Morgan fingerprint density at radius 1 is 0.956 bits per heavy atom. The third-order valence-electron chi connectivity index (χ3n) is 8.69. The Morgan fingerprint density at radius 3 is 2.18 bits per heavy atom. The monoisotopic (exact) mass is 612 g/mol. The predicted octanol–water partition coefficient (Wildman–Crippen LogP) is 3.04. The molecule has 6 rings (SSSR count). The van der Waals surface area contributed by atoms with Crippen LogP contribution in [0.15, 0.2) is 93.8 Å². The number of amidine groups is 1. The van der Waals surface area contributed by atoms with Crippen LogP contribution in [0.3, 0.4) is 0 Å². The van der Waals surface area contributed by atoms with Crippen molar-refractivity contribution >= 4 is 17.9 Å². The molecule has 11 nitrogen and oxygen atoms in total. The van der Waals surface area contributed by atoms with Crippen molar-refractivity contribution in [2.45, 2.75) is 49.0 Å². The molecule has 0 radical (unpaired) electrons. The number of benzene rings is 3. The highest BCUT2D eigenvalue weighted by molar-refractivity contribution is 6.47. The number of ether oxygens (including phenoxy) is 4. The standard InChI is InChI=1S/C34H40N6O5/c1-42-26-13-9-24(10-14-26)34(23-7-4-3-5-8-23,25-11-15-27(43-2)16-12-25)44-20-29-28(41)19-30(45-29)40-22-38-31-32(40)37-21-39-33(31,36)17-6-18-35/h3-5,7-16,21,28-30,41H,6,17-20,22,35-36H2,1-2H3/t28-,29+,30+,33?/m0/s1. The van der Waals surface area contributed by atoms with Crippen LogP contribution < -0.4 is 20.9 Å². The van der Waals surface area contributed by atoms with Gasteiger partial charge in [-0.15, -0.1) is 0 Å². The van der Waals surface area contributed by atoms with Crippen LogP contribution in [-0.2, 0) is 15.1 Å². The van der Waals surface area contributed by atoms with Gasteiger partial charge in [-0.25, -0.2) is 9.98 Å².